The molecule has 4 aliphatic carbocycles. The number of aliphatic hydroxyl groups is 3. The second-order valence-electron chi connectivity index (χ2n) is 13.3. The van der Waals surface area contributed by atoms with E-state index in [0.717, 1.165) is 32.1 Å². The van der Waals surface area contributed by atoms with Crippen LogP contribution in [0.2, 0.25) is 0 Å². The Morgan fingerprint density at radius 2 is 1.54 bits per heavy atom. The second-order valence-corrected chi connectivity index (χ2v) is 13.3. The van der Waals surface area contributed by atoms with Crippen LogP contribution in [0.15, 0.2) is 0 Å². The van der Waals surface area contributed by atoms with Crippen molar-refractivity contribution < 1.29 is 29.5 Å². The van der Waals surface area contributed by atoms with E-state index in [1.54, 1.807) is 0 Å². The first-order valence-electron chi connectivity index (χ1n) is 15.5. The summed E-state index contributed by atoms with van der Waals surface area (Å²) in [4.78, 5) is 0. The second kappa shape index (κ2) is 13.0. The predicted octanol–water partition coefficient (Wildman–Crippen LogP) is 4.82. The van der Waals surface area contributed by atoms with Crippen molar-refractivity contribution in [3.8, 4) is 0 Å². The van der Waals surface area contributed by atoms with E-state index in [-0.39, 0.29) is 49.0 Å². The van der Waals surface area contributed by atoms with Gasteiger partial charge < -0.3 is 29.5 Å². The van der Waals surface area contributed by atoms with Gasteiger partial charge in [-0.05, 0) is 85.9 Å². The fraction of sp³-hybridized carbons (Fsp3) is 1.00. The molecular weight excluding hydrogens is 468 g/mol. The summed E-state index contributed by atoms with van der Waals surface area (Å²) < 4.78 is 19.2. The van der Waals surface area contributed by atoms with Crippen LogP contribution in [0.1, 0.15) is 91.9 Å². The SMILES string of the molecule is CCCC[C@@H](C)[C@H]1CC[C@H]2C3[C@H](OCCO)CC4C[C@H](OCCO)CC[C@]4(C)[C@H]3C[C@H](OCCO)[C@]12C. The molecular formula is C31H56O6. The molecule has 216 valence electrons. The summed E-state index contributed by atoms with van der Waals surface area (Å²) >= 11 is 0. The van der Waals surface area contributed by atoms with E-state index in [4.69, 9.17) is 14.2 Å². The lowest BCUT2D eigenvalue weighted by Crippen LogP contribution is -2.63. The van der Waals surface area contributed by atoms with E-state index in [2.05, 4.69) is 27.7 Å². The quantitative estimate of drug-likeness (QED) is 0.320. The molecule has 11 atom stereocenters. The summed E-state index contributed by atoms with van der Waals surface area (Å²) in [7, 11) is 0. The minimum atomic E-state index is 0.0684. The van der Waals surface area contributed by atoms with Gasteiger partial charge in [-0.15, -0.1) is 0 Å². The van der Waals surface area contributed by atoms with Crippen molar-refractivity contribution in [2.45, 2.75) is 110 Å². The number of ether oxygens (including phenoxy) is 3. The average molecular weight is 525 g/mol. The van der Waals surface area contributed by atoms with Gasteiger partial charge in [0.25, 0.3) is 0 Å². The van der Waals surface area contributed by atoms with Gasteiger partial charge in [0.1, 0.15) is 0 Å². The Morgan fingerprint density at radius 3 is 2.24 bits per heavy atom. The Labute approximate surface area is 225 Å². The van der Waals surface area contributed by atoms with Crippen LogP contribution in [-0.2, 0) is 14.2 Å². The van der Waals surface area contributed by atoms with Gasteiger partial charge in [0.15, 0.2) is 0 Å². The number of hydrogen-bond acceptors (Lipinski definition) is 6. The largest absolute Gasteiger partial charge is 0.394 e. The zero-order valence-corrected chi connectivity index (χ0v) is 24.1. The van der Waals surface area contributed by atoms with Gasteiger partial charge in [0, 0.05) is 5.41 Å². The molecule has 0 radical (unpaired) electrons. The Morgan fingerprint density at radius 1 is 0.838 bits per heavy atom. The highest BCUT2D eigenvalue weighted by Crippen LogP contribution is 2.69. The van der Waals surface area contributed by atoms with Crippen LogP contribution < -0.4 is 0 Å². The van der Waals surface area contributed by atoms with Crippen LogP contribution in [0.3, 0.4) is 0 Å². The fourth-order valence-corrected chi connectivity index (χ4v) is 9.98. The van der Waals surface area contributed by atoms with Crippen molar-refractivity contribution in [2.75, 3.05) is 39.6 Å². The van der Waals surface area contributed by atoms with Gasteiger partial charge in [0.2, 0.25) is 0 Å². The minimum absolute atomic E-state index is 0.0684. The Kier molecular flexibility index (Phi) is 10.4. The van der Waals surface area contributed by atoms with Crippen LogP contribution in [0, 0.1) is 46.3 Å². The van der Waals surface area contributed by atoms with Gasteiger partial charge in [-0.25, -0.2) is 0 Å². The molecule has 0 saturated heterocycles. The molecule has 0 aromatic carbocycles. The van der Waals surface area contributed by atoms with E-state index in [1.165, 1.54) is 32.1 Å². The zero-order valence-electron chi connectivity index (χ0n) is 24.1. The maximum Gasteiger partial charge on any atom is 0.0701 e. The summed E-state index contributed by atoms with van der Waals surface area (Å²) in [6.45, 7) is 11.3. The van der Waals surface area contributed by atoms with Crippen molar-refractivity contribution in [2.24, 2.45) is 46.3 Å². The van der Waals surface area contributed by atoms with Crippen molar-refractivity contribution >= 4 is 0 Å². The highest BCUT2D eigenvalue weighted by Gasteiger charge is 2.66. The van der Waals surface area contributed by atoms with Crippen molar-refractivity contribution in [1.82, 2.24) is 0 Å². The van der Waals surface area contributed by atoms with Gasteiger partial charge in [-0.3, -0.25) is 0 Å². The molecule has 6 nitrogen and oxygen atoms in total. The first kappa shape index (κ1) is 29.7. The number of aliphatic hydroxyl groups excluding tert-OH is 3. The Balaban J connectivity index is 1.66. The third-order valence-corrected chi connectivity index (χ3v) is 11.7. The normalized spacial score (nSPS) is 44.2. The van der Waals surface area contributed by atoms with Crippen LogP contribution in [0.5, 0.6) is 0 Å². The molecule has 0 aromatic rings. The zero-order chi connectivity index (χ0) is 26.6. The number of hydrogen-bond donors (Lipinski definition) is 3. The summed E-state index contributed by atoms with van der Waals surface area (Å²) in [5.41, 5.74) is 0.311. The van der Waals surface area contributed by atoms with Crippen molar-refractivity contribution in [3.63, 3.8) is 0 Å². The van der Waals surface area contributed by atoms with E-state index in [9.17, 15) is 15.3 Å². The molecule has 0 heterocycles. The smallest absolute Gasteiger partial charge is 0.0701 e. The van der Waals surface area contributed by atoms with E-state index < -0.39 is 0 Å². The lowest BCUT2D eigenvalue weighted by Gasteiger charge is -2.64. The third-order valence-electron chi connectivity index (χ3n) is 11.7. The Bertz CT molecular complexity index is 703. The van der Waals surface area contributed by atoms with Gasteiger partial charge in [0.05, 0.1) is 58.0 Å². The molecule has 2 unspecified atom stereocenters. The van der Waals surface area contributed by atoms with E-state index in [1.807, 2.05) is 0 Å². The molecule has 3 N–H and O–H groups in total. The molecule has 6 heteroatoms. The first-order chi connectivity index (χ1) is 17.8. The lowest BCUT2D eigenvalue weighted by molar-refractivity contribution is -0.229. The monoisotopic (exact) mass is 524 g/mol. The van der Waals surface area contributed by atoms with Crippen LogP contribution in [-0.4, -0.2) is 73.3 Å². The number of rotatable bonds is 13. The summed E-state index contributed by atoms with van der Waals surface area (Å²) in [6.07, 6.45) is 12.2. The first-order valence-corrected chi connectivity index (χ1v) is 15.5. The lowest BCUT2D eigenvalue weighted by atomic mass is 9.43. The van der Waals surface area contributed by atoms with Crippen molar-refractivity contribution in [1.29, 1.82) is 0 Å². The van der Waals surface area contributed by atoms with E-state index >= 15 is 0 Å². The van der Waals surface area contributed by atoms with Gasteiger partial charge in [-0.2, -0.15) is 0 Å². The van der Waals surface area contributed by atoms with Gasteiger partial charge >= 0.3 is 0 Å². The maximum atomic E-state index is 9.72. The molecule has 0 amide bonds. The molecule has 37 heavy (non-hydrogen) atoms. The highest BCUT2D eigenvalue weighted by atomic mass is 16.5. The highest BCUT2D eigenvalue weighted by molar-refractivity contribution is 5.15. The maximum absolute atomic E-state index is 9.72. The molecule has 0 bridgehead atoms. The van der Waals surface area contributed by atoms with E-state index in [0.29, 0.717) is 55.3 Å². The molecule has 0 spiro atoms. The summed E-state index contributed by atoms with van der Waals surface area (Å²) in [5.74, 6) is 3.38. The van der Waals surface area contributed by atoms with Crippen molar-refractivity contribution in [3.05, 3.63) is 0 Å². The molecule has 4 aliphatic rings. The molecule has 4 rings (SSSR count). The predicted molar refractivity (Wildman–Crippen MR) is 145 cm³/mol. The number of fused-ring (bicyclic) bond motifs is 5. The fourth-order valence-electron chi connectivity index (χ4n) is 9.98. The topological polar surface area (TPSA) is 88.4 Å². The summed E-state index contributed by atoms with van der Waals surface area (Å²) in [6, 6.07) is 0. The van der Waals surface area contributed by atoms with Crippen LogP contribution in [0.25, 0.3) is 0 Å². The minimum Gasteiger partial charge on any atom is -0.394 e. The standard InChI is InChI=1S/C31H56O6/c1-5-6-7-21(2)24-8-9-25-29-26(20-28(31(24,25)4)37-17-14-34)30(3)11-10-23(35-15-12-32)18-22(30)19-27(29)36-16-13-33/h21-29,32-34H,5-20H2,1-4H3/t21-,22?,23-,24-,25+,26+,27-,28+,29?,30+,31-/m1/s1. The molecule has 4 fully saturated rings. The third kappa shape index (κ3) is 5.67. The summed E-state index contributed by atoms with van der Waals surface area (Å²) in [5, 5.41) is 28.7. The average Bonchev–Trinajstić information content (AvgIpc) is 3.26. The number of unbranched alkanes of at least 4 members (excludes halogenated alkanes) is 1. The van der Waals surface area contributed by atoms with Gasteiger partial charge in [-0.1, -0.05) is 47.0 Å². The molecule has 0 aromatic heterocycles. The van der Waals surface area contributed by atoms with Crippen LogP contribution >= 0.6 is 0 Å². The van der Waals surface area contributed by atoms with Crippen LogP contribution in [0.4, 0.5) is 0 Å². The molecule has 4 saturated carbocycles. The Hall–Kier alpha value is -0.240. The molecule has 0 aliphatic heterocycles.